The first-order valence-electron chi connectivity index (χ1n) is 5.83. The van der Waals surface area contributed by atoms with E-state index < -0.39 is 0 Å². The number of hydrogen-bond acceptors (Lipinski definition) is 4. The van der Waals surface area contributed by atoms with Gasteiger partial charge in [0.25, 0.3) is 0 Å². The van der Waals surface area contributed by atoms with Crippen LogP contribution in [-0.4, -0.2) is 14.2 Å². The fourth-order valence-corrected chi connectivity index (χ4v) is 1.94. The van der Waals surface area contributed by atoms with Gasteiger partial charge in [0.05, 0.1) is 35.8 Å². The maximum Gasteiger partial charge on any atom is 0.142 e. The van der Waals surface area contributed by atoms with Crippen molar-refractivity contribution in [1.82, 2.24) is 0 Å². The summed E-state index contributed by atoms with van der Waals surface area (Å²) in [5.74, 6) is 0.756. The fraction of sp³-hybridized carbons (Fsp3) is 0.133. The molecule has 2 rings (SSSR count). The number of ether oxygens (including phenoxy) is 1. The smallest absolute Gasteiger partial charge is 0.142 e. The Hall–Kier alpha value is -2.67. The van der Waals surface area contributed by atoms with Crippen LogP contribution in [0.2, 0.25) is 0 Å². The second kappa shape index (κ2) is 5.32. The van der Waals surface area contributed by atoms with Crippen molar-refractivity contribution in [1.29, 1.82) is 5.26 Å². The van der Waals surface area contributed by atoms with E-state index >= 15 is 0 Å². The average Bonchev–Trinajstić information content (AvgIpc) is 2.47. The standard InChI is InChI=1S/C15H15N3O/c1-18(13-5-3-4-6-15(13)19-2)14-9-11(10-16)7-8-12(14)17/h3-9H,17H2,1-2H3. The summed E-state index contributed by atoms with van der Waals surface area (Å²) in [7, 11) is 3.52. The van der Waals surface area contributed by atoms with Gasteiger partial charge in [-0.15, -0.1) is 0 Å². The van der Waals surface area contributed by atoms with E-state index in [0.29, 0.717) is 11.3 Å². The van der Waals surface area contributed by atoms with Gasteiger partial charge in [0.15, 0.2) is 0 Å². The van der Waals surface area contributed by atoms with Crippen LogP contribution in [0.1, 0.15) is 5.56 Å². The number of nitriles is 1. The summed E-state index contributed by atoms with van der Waals surface area (Å²) >= 11 is 0. The third-order valence-corrected chi connectivity index (χ3v) is 2.97. The minimum absolute atomic E-state index is 0.575. The topological polar surface area (TPSA) is 62.3 Å². The summed E-state index contributed by atoms with van der Waals surface area (Å²) in [5, 5.41) is 8.97. The van der Waals surface area contributed by atoms with Gasteiger partial charge in [-0.2, -0.15) is 5.26 Å². The predicted octanol–water partition coefficient (Wildman–Crippen LogP) is 2.92. The molecule has 0 aromatic heterocycles. The molecule has 0 fully saturated rings. The van der Waals surface area contributed by atoms with Crippen LogP contribution in [0.5, 0.6) is 5.75 Å². The number of rotatable bonds is 3. The zero-order chi connectivity index (χ0) is 13.8. The van der Waals surface area contributed by atoms with Crippen LogP contribution < -0.4 is 15.4 Å². The Morgan fingerprint density at radius 2 is 1.89 bits per heavy atom. The van der Waals surface area contributed by atoms with Crippen molar-refractivity contribution in [2.75, 3.05) is 24.8 Å². The normalized spacial score (nSPS) is 9.74. The zero-order valence-electron chi connectivity index (χ0n) is 10.9. The van der Waals surface area contributed by atoms with E-state index in [1.807, 2.05) is 36.2 Å². The molecular weight excluding hydrogens is 238 g/mol. The first-order chi connectivity index (χ1) is 9.17. The maximum atomic E-state index is 8.97. The van der Waals surface area contributed by atoms with Gasteiger partial charge in [-0.1, -0.05) is 12.1 Å². The Labute approximate surface area is 112 Å². The molecule has 19 heavy (non-hydrogen) atoms. The summed E-state index contributed by atoms with van der Waals surface area (Å²) in [6.07, 6.45) is 0. The van der Waals surface area contributed by atoms with Gasteiger partial charge in [0.2, 0.25) is 0 Å². The Morgan fingerprint density at radius 1 is 1.16 bits per heavy atom. The zero-order valence-corrected chi connectivity index (χ0v) is 10.9. The average molecular weight is 253 g/mol. The van der Waals surface area contributed by atoms with Gasteiger partial charge in [-0.05, 0) is 30.3 Å². The van der Waals surface area contributed by atoms with Crippen LogP contribution in [0.3, 0.4) is 0 Å². The number of anilines is 3. The van der Waals surface area contributed by atoms with Crippen LogP contribution in [0.25, 0.3) is 0 Å². The highest BCUT2D eigenvalue weighted by molar-refractivity contribution is 5.78. The van der Waals surface area contributed by atoms with Crippen LogP contribution >= 0.6 is 0 Å². The Bertz CT molecular complexity index is 632. The number of hydrogen-bond donors (Lipinski definition) is 1. The van der Waals surface area contributed by atoms with E-state index in [-0.39, 0.29) is 0 Å². The molecule has 4 heteroatoms. The van der Waals surface area contributed by atoms with Crippen molar-refractivity contribution in [3.8, 4) is 11.8 Å². The van der Waals surface area contributed by atoms with Crippen LogP contribution in [-0.2, 0) is 0 Å². The molecule has 0 aliphatic rings. The SMILES string of the molecule is COc1ccccc1N(C)c1cc(C#N)ccc1N. The summed E-state index contributed by atoms with van der Waals surface area (Å²) in [6.45, 7) is 0. The molecule has 2 N–H and O–H groups in total. The number of methoxy groups -OCH3 is 1. The summed E-state index contributed by atoms with van der Waals surface area (Å²) in [5.41, 5.74) is 8.85. The Morgan fingerprint density at radius 3 is 2.58 bits per heavy atom. The third-order valence-electron chi connectivity index (χ3n) is 2.97. The van der Waals surface area contributed by atoms with Crippen LogP contribution in [0.15, 0.2) is 42.5 Å². The molecule has 0 radical (unpaired) electrons. The molecule has 0 spiro atoms. The molecular formula is C15H15N3O. The number of para-hydroxylation sites is 2. The van der Waals surface area contributed by atoms with Gasteiger partial charge >= 0.3 is 0 Å². The van der Waals surface area contributed by atoms with Crippen LogP contribution in [0, 0.1) is 11.3 Å². The lowest BCUT2D eigenvalue weighted by molar-refractivity contribution is 0.415. The summed E-state index contributed by atoms with van der Waals surface area (Å²) < 4.78 is 5.34. The van der Waals surface area contributed by atoms with E-state index in [1.165, 1.54) is 0 Å². The molecule has 0 saturated heterocycles. The van der Waals surface area contributed by atoms with Crippen molar-refractivity contribution in [2.45, 2.75) is 0 Å². The quantitative estimate of drug-likeness (QED) is 0.854. The minimum atomic E-state index is 0.575. The van der Waals surface area contributed by atoms with E-state index in [2.05, 4.69) is 6.07 Å². The lowest BCUT2D eigenvalue weighted by Gasteiger charge is -2.23. The molecule has 0 aliphatic carbocycles. The molecule has 2 aromatic carbocycles. The lowest BCUT2D eigenvalue weighted by Crippen LogP contribution is -2.12. The van der Waals surface area contributed by atoms with Gasteiger partial charge in [0, 0.05) is 7.05 Å². The number of nitrogen functional groups attached to an aromatic ring is 1. The molecule has 0 saturated carbocycles. The summed E-state index contributed by atoms with van der Waals surface area (Å²) in [4.78, 5) is 1.91. The number of nitrogens with zero attached hydrogens (tertiary/aromatic N) is 2. The van der Waals surface area contributed by atoms with E-state index in [4.69, 9.17) is 15.7 Å². The van der Waals surface area contributed by atoms with Gasteiger partial charge in [0.1, 0.15) is 5.75 Å². The first-order valence-corrected chi connectivity index (χ1v) is 5.83. The predicted molar refractivity (Wildman–Crippen MR) is 76.6 cm³/mol. The molecule has 96 valence electrons. The first kappa shape index (κ1) is 12.8. The monoisotopic (exact) mass is 253 g/mol. The highest BCUT2D eigenvalue weighted by atomic mass is 16.5. The minimum Gasteiger partial charge on any atom is -0.495 e. The van der Waals surface area contributed by atoms with Gasteiger partial charge < -0.3 is 15.4 Å². The molecule has 0 aliphatic heterocycles. The van der Waals surface area contributed by atoms with E-state index in [1.54, 1.807) is 25.3 Å². The second-order valence-corrected chi connectivity index (χ2v) is 4.12. The largest absolute Gasteiger partial charge is 0.495 e. The molecule has 0 amide bonds. The highest BCUT2D eigenvalue weighted by Crippen LogP contribution is 2.35. The molecule has 0 atom stereocenters. The van der Waals surface area contributed by atoms with Gasteiger partial charge in [-0.3, -0.25) is 0 Å². The van der Waals surface area contributed by atoms with Crippen molar-refractivity contribution in [3.63, 3.8) is 0 Å². The van der Waals surface area contributed by atoms with Crippen molar-refractivity contribution < 1.29 is 4.74 Å². The Kier molecular flexibility index (Phi) is 3.58. The van der Waals surface area contributed by atoms with Crippen molar-refractivity contribution >= 4 is 17.1 Å². The van der Waals surface area contributed by atoms with Gasteiger partial charge in [-0.25, -0.2) is 0 Å². The molecule has 0 unspecified atom stereocenters. The maximum absolute atomic E-state index is 8.97. The van der Waals surface area contributed by atoms with Crippen molar-refractivity contribution in [3.05, 3.63) is 48.0 Å². The molecule has 0 heterocycles. The second-order valence-electron chi connectivity index (χ2n) is 4.12. The number of benzene rings is 2. The van der Waals surface area contributed by atoms with Crippen LogP contribution in [0.4, 0.5) is 17.1 Å². The Balaban J connectivity index is 2.50. The highest BCUT2D eigenvalue weighted by Gasteiger charge is 2.12. The van der Waals surface area contributed by atoms with Crippen molar-refractivity contribution in [2.24, 2.45) is 0 Å². The number of nitrogens with two attached hydrogens (primary N) is 1. The molecule has 0 bridgehead atoms. The lowest BCUT2D eigenvalue weighted by atomic mass is 10.1. The van der Waals surface area contributed by atoms with E-state index in [9.17, 15) is 0 Å². The fourth-order valence-electron chi connectivity index (χ4n) is 1.94. The summed E-state index contributed by atoms with van der Waals surface area (Å²) in [6, 6.07) is 15.0. The molecule has 2 aromatic rings. The van der Waals surface area contributed by atoms with E-state index in [0.717, 1.165) is 17.1 Å². The third kappa shape index (κ3) is 2.45. The molecule has 4 nitrogen and oxygen atoms in total.